The summed E-state index contributed by atoms with van der Waals surface area (Å²) in [6, 6.07) is 9.01. The third kappa shape index (κ3) is 3.16. The molecular formula is C18H14FN5O2. The first kappa shape index (κ1) is 15.9. The molecule has 2 aromatic heterocycles. The Hall–Kier alpha value is -3.55. The molecule has 3 heterocycles. The van der Waals surface area contributed by atoms with E-state index in [0.29, 0.717) is 29.6 Å². The number of fused-ring (bicyclic) bond motifs is 5. The molecule has 1 amide bonds. The molecule has 0 spiro atoms. The number of aromatic nitrogens is 4. The molecule has 4 rings (SSSR count). The molecule has 0 unspecified atom stereocenters. The van der Waals surface area contributed by atoms with Crippen LogP contribution in [0.15, 0.2) is 54.9 Å². The Labute approximate surface area is 148 Å². The standard InChI is InChI=1S/C18H14FN5O2/c19-12-6-7-15-13(10-12)18(25)22-16-5-3-4-14(21-16)17-23-20-11-24(17)8-1-2-9-26-15/h1-7,10-11H,8-9H2,(H,21,22,25)/b2-1-. The van der Waals surface area contributed by atoms with E-state index in [2.05, 4.69) is 20.5 Å². The third-order valence-electron chi connectivity index (χ3n) is 3.83. The summed E-state index contributed by atoms with van der Waals surface area (Å²) >= 11 is 0. The van der Waals surface area contributed by atoms with Gasteiger partial charge in [-0.25, -0.2) is 9.37 Å². The monoisotopic (exact) mass is 351 g/mol. The first-order valence-corrected chi connectivity index (χ1v) is 7.94. The van der Waals surface area contributed by atoms with Crippen LogP contribution in [0.2, 0.25) is 0 Å². The average Bonchev–Trinajstić information content (AvgIpc) is 3.10. The molecule has 8 heteroatoms. The number of anilines is 1. The summed E-state index contributed by atoms with van der Waals surface area (Å²) < 4.78 is 21.0. The summed E-state index contributed by atoms with van der Waals surface area (Å²) in [6.45, 7) is 0.785. The molecule has 0 saturated carbocycles. The second-order valence-corrected chi connectivity index (χ2v) is 5.59. The van der Waals surface area contributed by atoms with E-state index in [1.54, 1.807) is 24.5 Å². The van der Waals surface area contributed by atoms with Gasteiger partial charge < -0.3 is 14.6 Å². The van der Waals surface area contributed by atoms with Crippen molar-refractivity contribution in [1.29, 1.82) is 0 Å². The highest BCUT2D eigenvalue weighted by Crippen LogP contribution is 2.22. The van der Waals surface area contributed by atoms with Gasteiger partial charge in [0.05, 0.1) is 5.56 Å². The number of nitrogens with zero attached hydrogens (tertiary/aromatic N) is 4. The Bertz CT molecular complexity index is 999. The van der Waals surface area contributed by atoms with E-state index in [1.807, 2.05) is 16.7 Å². The van der Waals surface area contributed by atoms with Gasteiger partial charge in [0, 0.05) is 6.54 Å². The smallest absolute Gasteiger partial charge is 0.260 e. The molecule has 0 atom stereocenters. The minimum atomic E-state index is -0.519. The van der Waals surface area contributed by atoms with Gasteiger partial charge in [0.15, 0.2) is 5.82 Å². The number of benzene rings is 1. The van der Waals surface area contributed by atoms with Crippen molar-refractivity contribution in [1.82, 2.24) is 19.7 Å². The summed E-state index contributed by atoms with van der Waals surface area (Å²) in [7, 11) is 0. The highest BCUT2D eigenvalue weighted by molar-refractivity contribution is 6.05. The molecule has 7 nitrogen and oxygen atoms in total. The number of allylic oxidation sites excluding steroid dienone is 1. The molecule has 130 valence electrons. The van der Waals surface area contributed by atoms with Gasteiger partial charge in [0.2, 0.25) is 0 Å². The van der Waals surface area contributed by atoms with Crippen LogP contribution in [0.4, 0.5) is 10.2 Å². The Morgan fingerprint density at radius 3 is 3.04 bits per heavy atom. The zero-order valence-electron chi connectivity index (χ0n) is 13.6. The van der Waals surface area contributed by atoms with E-state index in [9.17, 15) is 9.18 Å². The third-order valence-corrected chi connectivity index (χ3v) is 3.83. The lowest BCUT2D eigenvalue weighted by atomic mass is 10.1. The van der Waals surface area contributed by atoms with E-state index in [-0.39, 0.29) is 12.2 Å². The quantitative estimate of drug-likeness (QED) is 0.630. The highest BCUT2D eigenvalue weighted by atomic mass is 19.1. The van der Waals surface area contributed by atoms with Crippen LogP contribution in [0, 0.1) is 5.82 Å². The average molecular weight is 351 g/mol. The van der Waals surface area contributed by atoms with E-state index >= 15 is 0 Å². The van der Waals surface area contributed by atoms with Gasteiger partial charge in [-0.3, -0.25) is 4.79 Å². The summed E-state index contributed by atoms with van der Waals surface area (Å²) in [4.78, 5) is 17.0. The van der Waals surface area contributed by atoms with Gasteiger partial charge in [-0.1, -0.05) is 12.1 Å². The van der Waals surface area contributed by atoms with Crippen LogP contribution in [0.3, 0.4) is 0 Å². The largest absolute Gasteiger partial charge is 0.489 e. The predicted molar refractivity (Wildman–Crippen MR) is 92.2 cm³/mol. The second kappa shape index (κ2) is 6.75. The van der Waals surface area contributed by atoms with Crippen LogP contribution in [0.5, 0.6) is 5.75 Å². The lowest BCUT2D eigenvalue weighted by Crippen LogP contribution is -2.15. The minimum absolute atomic E-state index is 0.103. The van der Waals surface area contributed by atoms with Crippen LogP contribution in [-0.2, 0) is 6.54 Å². The number of rotatable bonds is 0. The van der Waals surface area contributed by atoms with E-state index in [1.165, 1.54) is 12.1 Å². The molecule has 1 aromatic carbocycles. The summed E-state index contributed by atoms with van der Waals surface area (Å²) in [5.41, 5.74) is 0.673. The number of hydrogen-bond acceptors (Lipinski definition) is 5. The molecule has 3 aromatic rings. The van der Waals surface area contributed by atoms with E-state index in [4.69, 9.17) is 4.74 Å². The van der Waals surface area contributed by atoms with Gasteiger partial charge >= 0.3 is 0 Å². The molecule has 26 heavy (non-hydrogen) atoms. The van der Waals surface area contributed by atoms with Crippen molar-refractivity contribution in [3.8, 4) is 17.3 Å². The number of hydrogen-bond donors (Lipinski definition) is 1. The van der Waals surface area contributed by atoms with Crippen LogP contribution in [0.1, 0.15) is 10.4 Å². The minimum Gasteiger partial charge on any atom is -0.489 e. The number of halogens is 1. The predicted octanol–water partition coefficient (Wildman–Crippen LogP) is 2.68. The number of carbonyl (C=O) groups is 1. The first-order chi connectivity index (χ1) is 12.7. The topological polar surface area (TPSA) is 81.9 Å². The second-order valence-electron chi connectivity index (χ2n) is 5.59. The number of ether oxygens (including phenoxy) is 1. The molecule has 0 saturated heterocycles. The fourth-order valence-electron chi connectivity index (χ4n) is 2.60. The summed E-state index contributed by atoms with van der Waals surface area (Å²) in [5, 5.41) is 10.7. The lowest BCUT2D eigenvalue weighted by Gasteiger charge is -2.12. The molecule has 0 fully saturated rings. The summed E-state index contributed by atoms with van der Waals surface area (Å²) in [5.74, 6) is 0.174. The van der Waals surface area contributed by atoms with Crippen molar-refractivity contribution >= 4 is 11.7 Å². The lowest BCUT2D eigenvalue weighted by molar-refractivity contribution is 0.102. The highest BCUT2D eigenvalue weighted by Gasteiger charge is 2.16. The number of nitrogens with one attached hydrogen (secondary N) is 1. The molecule has 0 radical (unpaired) electrons. The Balaban J connectivity index is 1.78. The molecule has 0 aliphatic carbocycles. The van der Waals surface area contributed by atoms with Crippen LogP contribution in [-0.4, -0.2) is 32.3 Å². The van der Waals surface area contributed by atoms with Gasteiger partial charge in [-0.05, 0) is 36.4 Å². The van der Waals surface area contributed by atoms with Crippen molar-refractivity contribution < 1.29 is 13.9 Å². The molecule has 1 aliphatic rings. The van der Waals surface area contributed by atoms with Crippen molar-refractivity contribution in [2.75, 3.05) is 11.9 Å². The van der Waals surface area contributed by atoms with E-state index in [0.717, 1.165) is 6.07 Å². The van der Waals surface area contributed by atoms with Crippen molar-refractivity contribution in [3.63, 3.8) is 0 Å². The van der Waals surface area contributed by atoms with Crippen molar-refractivity contribution in [2.45, 2.75) is 6.54 Å². The zero-order valence-corrected chi connectivity index (χ0v) is 13.6. The normalized spacial score (nSPS) is 15.0. The van der Waals surface area contributed by atoms with Crippen LogP contribution < -0.4 is 10.1 Å². The van der Waals surface area contributed by atoms with Gasteiger partial charge in [-0.15, -0.1) is 10.2 Å². The van der Waals surface area contributed by atoms with Crippen LogP contribution >= 0.6 is 0 Å². The maximum absolute atomic E-state index is 13.6. The Morgan fingerprint density at radius 1 is 1.19 bits per heavy atom. The fraction of sp³-hybridized carbons (Fsp3) is 0.111. The van der Waals surface area contributed by atoms with Crippen molar-refractivity contribution in [2.24, 2.45) is 0 Å². The maximum atomic E-state index is 13.6. The number of pyridine rings is 1. The maximum Gasteiger partial charge on any atom is 0.260 e. The Kier molecular flexibility index (Phi) is 4.14. The molecule has 1 aliphatic heterocycles. The van der Waals surface area contributed by atoms with Crippen LogP contribution in [0.25, 0.3) is 11.5 Å². The molecular weight excluding hydrogens is 337 g/mol. The summed E-state index contributed by atoms with van der Waals surface area (Å²) in [6.07, 6.45) is 5.31. The SMILES string of the molecule is O=C1Nc2cccc(n2)-c2nncn2C/C=C\COc2ccc(F)cc21. The fourth-order valence-corrected chi connectivity index (χ4v) is 2.60. The first-order valence-electron chi connectivity index (χ1n) is 7.94. The Morgan fingerprint density at radius 2 is 2.12 bits per heavy atom. The number of carbonyl (C=O) groups excluding carboxylic acids is 1. The van der Waals surface area contributed by atoms with E-state index < -0.39 is 11.7 Å². The zero-order chi connectivity index (χ0) is 17.9. The molecule has 1 N–H and O–H groups in total. The van der Waals surface area contributed by atoms with Gasteiger partial charge in [0.1, 0.15) is 36.0 Å². The number of amides is 1. The molecule has 2 bridgehead atoms. The van der Waals surface area contributed by atoms with Gasteiger partial charge in [-0.2, -0.15) is 0 Å². The van der Waals surface area contributed by atoms with Crippen molar-refractivity contribution in [3.05, 3.63) is 66.3 Å². The van der Waals surface area contributed by atoms with Gasteiger partial charge in [0.25, 0.3) is 5.91 Å².